The fraction of sp³-hybridized carbons (Fsp3) is 0.500. The lowest BCUT2D eigenvalue weighted by atomic mass is 10.1. The Balaban J connectivity index is 2.19. The van der Waals surface area contributed by atoms with Gasteiger partial charge in [0.1, 0.15) is 5.82 Å². The number of hydrogen-bond donors (Lipinski definition) is 0. The van der Waals surface area contributed by atoms with Crippen LogP contribution in [0.15, 0.2) is 35.5 Å². The zero-order valence-electron chi connectivity index (χ0n) is 13.4. The second-order valence-electron chi connectivity index (χ2n) is 4.72. The molecule has 0 spiro atoms. The third-order valence-corrected chi connectivity index (χ3v) is 3.89. The summed E-state index contributed by atoms with van der Waals surface area (Å²) in [6.07, 6.45) is 2.48. The van der Waals surface area contributed by atoms with Gasteiger partial charge in [-0.3, -0.25) is 0 Å². The van der Waals surface area contributed by atoms with Crippen LogP contribution in [0.2, 0.25) is 0 Å². The standard InChI is InChI=1S/C16H23N3O2S/c1-4-20-15(21-5-2)12-19-14(17-18-16(19)22-3)11-13-9-7-6-8-10-13/h6-10,15H,4-5,11-12H2,1-3H3. The Labute approximate surface area is 136 Å². The molecular formula is C16H23N3O2S. The molecule has 0 bridgehead atoms. The van der Waals surface area contributed by atoms with E-state index in [0.29, 0.717) is 19.8 Å². The molecule has 0 radical (unpaired) electrons. The van der Waals surface area contributed by atoms with Crippen molar-refractivity contribution in [2.45, 2.75) is 38.3 Å². The van der Waals surface area contributed by atoms with Gasteiger partial charge in [-0.25, -0.2) is 0 Å². The first-order valence-electron chi connectivity index (χ1n) is 7.51. The molecule has 0 atom stereocenters. The maximum atomic E-state index is 5.65. The Hall–Kier alpha value is -1.37. The van der Waals surface area contributed by atoms with Gasteiger partial charge in [0, 0.05) is 19.6 Å². The van der Waals surface area contributed by atoms with E-state index in [1.165, 1.54) is 5.56 Å². The van der Waals surface area contributed by atoms with Crippen LogP contribution in [0.3, 0.4) is 0 Å². The molecule has 2 rings (SSSR count). The average molecular weight is 321 g/mol. The largest absolute Gasteiger partial charge is 0.351 e. The van der Waals surface area contributed by atoms with Gasteiger partial charge < -0.3 is 14.0 Å². The Morgan fingerprint density at radius 2 is 1.77 bits per heavy atom. The summed E-state index contributed by atoms with van der Waals surface area (Å²) < 4.78 is 13.4. The highest BCUT2D eigenvalue weighted by Gasteiger charge is 2.17. The van der Waals surface area contributed by atoms with Crippen molar-refractivity contribution >= 4 is 11.8 Å². The van der Waals surface area contributed by atoms with E-state index in [1.807, 2.05) is 38.3 Å². The summed E-state index contributed by atoms with van der Waals surface area (Å²) in [6.45, 7) is 5.79. The maximum Gasteiger partial charge on any atom is 0.191 e. The van der Waals surface area contributed by atoms with Crippen LogP contribution < -0.4 is 0 Å². The number of hydrogen-bond acceptors (Lipinski definition) is 5. The van der Waals surface area contributed by atoms with Gasteiger partial charge in [0.25, 0.3) is 0 Å². The smallest absolute Gasteiger partial charge is 0.191 e. The Morgan fingerprint density at radius 1 is 1.09 bits per heavy atom. The number of ether oxygens (including phenoxy) is 2. The van der Waals surface area contributed by atoms with Gasteiger partial charge in [-0.1, -0.05) is 42.1 Å². The summed E-state index contributed by atoms with van der Waals surface area (Å²) in [6, 6.07) is 10.3. The lowest BCUT2D eigenvalue weighted by molar-refractivity contribution is -0.144. The van der Waals surface area contributed by atoms with Gasteiger partial charge in [-0.15, -0.1) is 10.2 Å². The van der Waals surface area contributed by atoms with Crippen molar-refractivity contribution in [3.05, 3.63) is 41.7 Å². The summed E-state index contributed by atoms with van der Waals surface area (Å²) in [7, 11) is 0. The monoisotopic (exact) mass is 321 g/mol. The summed E-state index contributed by atoms with van der Waals surface area (Å²) in [5.74, 6) is 0.931. The van der Waals surface area contributed by atoms with Crippen LogP contribution in [-0.2, 0) is 22.4 Å². The zero-order valence-corrected chi connectivity index (χ0v) is 14.2. The molecule has 120 valence electrons. The molecule has 22 heavy (non-hydrogen) atoms. The first kappa shape index (κ1) is 17.0. The molecule has 0 aliphatic heterocycles. The molecule has 0 N–H and O–H groups in total. The van der Waals surface area contributed by atoms with E-state index in [9.17, 15) is 0 Å². The lowest BCUT2D eigenvalue weighted by Crippen LogP contribution is -2.25. The highest BCUT2D eigenvalue weighted by atomic mass is 32.2. The van der Waals surface area contributed by atoms with Crippen LogP contribution in [-0.4, -0.2) is 40.5 Å². The Morgan fingerprint density at radius 3 is 2.36 bits per heavy atom. The van der Waals surface area contributed by atoms with E-state index in [0.717, 1.165) is 17.4 Å². The molecule has 0 aliphatic rings. The van der Waals surface area contributed by atoms with Crippen molar-refractivity contribution in [3.63, 3.8) is 0 Å². The van der Waals surface area contributed by atoms with E-state index in [2.05, 4.69) is 26.9 Å². The predicted octanol–water partition coefficient (Wildman–Crippen LogP) is 2.99. The molecule has 2 aromatic rings. The van der Waals surface area contributed by atoms with Gasteiger partial charge in [-0.2, -0.15) is 0 Å². The second kappa shape index (κ2) is 8.92. The van der Waals surface area contributed by atoms with E-state index < -0.39 is 0 Å². The summed E-state index contributed by atoms with van der Waals surface area (Å²) in [5, 5.41) is 9.49. The zero-order chi connectivity index (χ0) is 15.8. The Bertz CT molecular complexity index is 554. The first-order chi connectivity index (χ1) is 10.8. The minimum absolute atomic E-state index is 0.272. The van der Waals surface area contributed by atoms with Crippen molar-refractivity contribution < 1.29 is 9.47 Å². The van der Waals surface area contributed by atoms with Crippen molar-refractivity contribution in [3.8, 4) is 0 Å². The summed E-state index contributed by atoms with van der Waals surface area (Å²) >= 11 is 1.58. The third kappa shape index (κ3) is 4.56. The summed E-state index contributed by atoms with van der Waals surface area (Å²) in [5.41, 5.74) is 1.22. The van der Waals surface area contributed by atoms with Crippen LogP contribution >= 0.6 is 11.8 Å². The van der Waals surface area contributed by atoms with Gasteiger partial charge in [-0.05, 0) is 25.7 Å². The van der Waals surface area contributed by atoms with Gasteiger partial charge in [0.2, 0.25) is 0 Å². The fourth-order valence-electron chi connectivity index (χ4n) is 2.24. The normalized spacial score (nSPS) is 11.3. The maximum absolute atomic E-state index is 5.65. The van der Waals surface area contributed by atoms with Crippen LogP contribution in [0.25, 0.3) is 0 Å². The van der Waals surface area contributed by atoms with E-state index >= 15 is 0 Å². The second-order valence-corrected chi connectivity index (χ2v) is 5.49. The molecule has 6 heteroatoms. The van der Waals surface area contributed by atoms with Crippen LogP contribution in [0.5, 0.6) is 0 Å². The van der Waals surface area contributed by atoms with Gasteiger partial charge >= 0.3 is 0 Å². The minimum atomic E-state index is -0.272. The molecule has 1 aromatic carbocycles. The fourth-order valence-corrected chi connectivity index (χ4v) is 2.76. The van der Waals surface area contributed by atoms with Crippen LogP contribution in [0.1, 0.15) is 25.2 Å². The Kier molecular flexibility index (Phi) is 6.89. The van der Waals surface area contributed by atoms with E-state index in [1.54, 1.807) is 11.8 Å². The highest BCUT2D eigenvalue weighted by molar-refractivity contribution is 7.98. The molecular weight excluding hydrogens is 298 g/mol. The molecule has 0 unspecified atom stereocenters. The lowest BCUT2D eigenvalue weighted by Gasteiger charge is -2.19. The SMILES string of the molecule is CCOC(Cn1c(Cc2ccccc2)nnc1SC)OCC. The number of aromatic nitrogens is 3. The van der Waals surface area contributed by atoms with E-state index in [-0.39, 0.29) is 6.29 Å². The van der Waals surface area contributed by atoms with E-state index in [4.69, 9.17) is 9.47 Å². The van der Waals surface area contributed by atoms with Crippen molar-refractivity contribution in [1.29, 1.82) is 0 Å². The minimum Gasteiger partial charge on any atom is -0.351 e. The number of rotatable bonds is 9. The topological polar surface area (TPSA) is 49.2 Å². The van der Waals surface area contributed by atoms with Crippen molar-refractivity contribution in [2.75, 3.05) is 19.5 Å². The molecule has 0 saturated carbocycles. The summed E-state index contributed by atoms with van der Waals surface area (Å²) in [4.78, 5) is 0. The molecule has 1 heterocycles. The number of thioether (sulfide) groups is 1. The molecule has 0 saturated heterocycles. The van der Waals surface area contributed by atoms with Gasteiger partial charge in [0.15, 0.2) is 11.4 Å². The van der Waals surface area contributed by atoms with Crippen molar-refractivity contribution in [1.82, 2.24) is 14.8 Å². The molecule has 1 aromatic heterocycles. The molecule has 0 fully saturated rings. The van der Waals surface area contributed by atoms with Crippen LogP contribution in [0.4, 0.5) is 0 Å². The first-order valence-corrected chi connectivity index (χ1v) is 8.74. The van der Waals surface area contributed by atoms with Crippen molar-refractivity contribution in [2.24, 2.45) is 0 Å². The third-order valence-electron chi connectivity index (χ3n) is 3.22. The molecule has 5 nitrogen and oxygen atoms in total. The quantitative estimate of drug-likeness (QED) is 0.525. The number of nitrogens with zero attached hydrogens (tertiary/aromatic N) is 3. The van der Waals surface area contributed by atoms with Crippen LogP contribution in [0, 0.1) is 0 Å². The highest BCUT2D eigenvalue weighted by Crippen LogP contribution is 2.18. The predicted molar refractivity (Wildman–Crippen MR) is 88.1 cm³/mol. The van der Waals surface area contributed by atoms with Gasteiger partial charge in [0.05, 0.1) is 6.54 Å². The molecule has 0 amide bonds. The molecule has 0 aliphatic carbocycles. The number of benzene rings is 1. The average Bonchev–Trinajstić information content (AvgIpc) is 2.91.